The average Bonchev–Trinajstić information content (AvgIpc) is 2.36. The lowest BCUT2D eigenvalue weighted by molar-refractivity contribution is 0.0706. The quantitative estimate of drug-likeness (QED) is 0.650. The first-order chi connectivity index (χ1) is 7.90. The summed E-state index contributed by atoms with van der Waals surface area (Å²) in [4.78, 5) is 0. The highest BCUT2D eigenvalue weighted by atomic mass is 16.5. The molecule has 3 rings (SSSR count). The fraction of sp³-hybridized carbons (Fsp3) is 0.467. The van der Waals surface area contributed by atoms with Crippen LogP contribution in [0.4, 0.5) is 0 Å². The molecule has 0 saturated heterocycles. The molecule has 0 saturated carbocycles. The molecule has 0 amide bonds. The van der Waals surface area contributed by atoms with Crippen molar-refractivity contribution in [2.45, 2.75) is 25.4 Å². The molecule has 16 heavy (non-hydrogen) atoms. The predicted molar refractivity (Wildman–Crippen MR) is 66.1 cm³/mol. The number of hydrogen-bond donors (Lipinski definition) is 0. The van der Waals surface area contributed by atoms with Crippen LogP contribution in [0.15, 0.2) is 47.6 Å². The van der Waals surface area contributed by atoms with Gasteiger partial charge in [-0.15, -0.1) is 0 Å². The maximum atomic E-state index is 5.75. The highest BCUT2D eigenvalue weighted by Crippen LogP contribution is 2.42. The molecule has 0 aromatic heterocycles. The molecule has 3 unspecified atom stereocenters. The van der Waals surface area contributed by atoms with Crippen LogP contribution in [0.25, 0.3) is 0 Å². The summed E-state index contributed by atoms with van der Waals surface area (Å²) in [6.45, 7) is 0. The summed E-state index contributed by atoms with van der Waals surface area (Å²) in [7, 11) is 1.85. The molecule has 0 aliphatic heterocycles. The van der Waals surface area contributed by atoms with Crippen LogP contribution in [0.1, 0.15) is 19.3 Å². The van der Waals surface area contributed by atoms with E-state index in [0.29, 0.717) is 17.9 Å². The number of hydrogen-bond acceptors (Lipinski definition) is 1. The maximum absolute atomic E-state index is 5.75. The van der Waals surface area contributed by atoms with Crippen molar-refractivity contribution in [2.24, 2.45) is 11.8 Å². The van der Waals surface area contributed by atoms with E-state index in [1.165, 1.54) is 24.8 Å². The Hall–Kier alpha value is -1.08. The van der Waals surface area contributed by atoms with Crippen molar-refractivity contribution in [1.29, 1.82) is 0 Å². The number of allylic oxidation sites excluding steroid dienone is 6. The Labute approximate surface area is 97.2 Å². The minimum Gasteiger partial charge on any atom is -0.376 e. The van der Waals surface area contributed by atoms with Gasteiger partial charge in [0.25, 0.3) is 0 Å². The van der Waals surface area contributed by atoms with Crippen LogP contribution in [0.2, 0.25) is 0 Å². The molecule has 0 spiro atoms. The fourth-order valence-corrected chi connectivity index (χ4v) is 3.24. The number of fused-ring (bicyclic) bond motifs is 1. The van der Waals surface area contributed by atoms with Crippen LogP contribution in [-0.4, -0.2) is 13.2 Å². The summed E-state index contributed by atoms with van der Waals surface area (Å²) >= 11 is 0. The summed E-state index contributed by atoms with van der Waals surface area (Å²) < 4.78 is 5.75. The average molecular weight is 214 g/mol. The van der Waals surface area contributed by atoms with E-state index in [2.05, 4.69) is 36.5 Å². The van der Waals surface area contributed by atoms with Crippen molar-refractivity contribution in [3.05, 3.63) is 47.6 Å². The molecule has 1 nitrogen and oxygen atoms in total. The molecule has 1 heteroatoms. The topological polar surface area (TPSA) is 9.23 Å². The zero-order chi connectivity index (χ0) is 11.0. The van der Waals surface area contributed by atoms with Crippen molar-refractivity contribution < 1.29 is 4.74 Å². The summed E-state index contributed by atoms with van der Waals surface area (Å²) in [5.41, 5.74) is 3.07. The van der Waals surface area contributed by atoms with Gasteiger partial charge in [-0.25, -0.2) is 0 Å². The molecule has 84 valence electrons. The van der Waals surface area contributed by atoms with E-state index in [9.17, 15) is 0 Å². The Morgan fingerprint density at radius 2 is 2.12 bits per heavy atom. The third kappa shape index (κ3) is 1.51. The van der Waals surface area contributed by atoms with Crippen LogP contribution < -0.4 is 0 Å². The Bertz CT molecular complexity index is 398. The fourth-order valence-electron chi connectivity index (χ4n) is 3.24. The van der Waals surface area contributed by atoms with E-state index in [-0.39, 0.29) is 0 Å². The minimum absolute atomic E-state index is 0.305. The Balaban J connectivity index is 2.00. The van der Waals surface area contributed by atoms with E-state index >= 15 is 0 Å². The summed E-state index contributed by atoms with van der Waals surface area (Å²) in [5.74, 6) is 1.19. The summed E-state index contributed by atoms with van der Waals surface area (Å²) in [6.07, 6.45) is 17.5. The second-order valence-corrected chi connectivity index (χ2v) is 4.86. The molecular formula is C15H18O. The molecule has 0 radical (unpaired) electrons. The van der Waals surface area contributed by atoms with Crippen molar-refractivity contribution in [2.75, 3.05) is 7.11 Å². The third-order valence-electron chi connectivity index (χ3n) is 4.01. The molecule has 3 aliphatic carbocycles. The zero-order valence-corrected chi connectivity index (χ0v) is 9.73. The number of methoxy groups -OCH3 is 1. The van der Waals surface area contributed by atoms with Crippen molar-refractivity contribution in [3.8, 4) is 0 Å². The van der Waals surface area contributed by atoms with Gasteiger partial charge in [0.1, 0.15) is 0 Å². The normalized spacial score (nSPS) is 36.2. The smallest absolute Gasteiger partial charge is 0.0855 e. The van der Waals surface area contributed by atoms with Crippen LogP contribution >= 0.6 is 0 Å². The van der Waals surface area contributed by atoms with Gasteiger partial charge in [-0.2, -0.15) is 0 Å². The molecule has 0 aromatic rings. The van der Waals surface area contributed by atoms with Gasteiger partial charge in [0, 0.05) is 13.0 Å². The van der Waals surface area contributed by atoms with Gasteiger partial charge in [0.2, 0.25) is 0 Å². The lowest BCUT2D eigenvalue weighted by Gasteiger charge is -2.39. The first-order valence-electron chi connectivity index (χ1n) is 6.16. The highest BCUT2D eigenvalue weighted by Gasteiger charge is 2.36. The minimum atomic E-state index is 0.305. The molecule has 3 atom stereocenters. The Morgan fingerprint density at radius 1 is 1.25 bits per heavy atom. The molecule has 0 heterocycles. The van der Waals surface area contributed by atoms with Gasteiger partial charge < -0.3 is 4.74 Å². The SMILES string of the molecule is COC1C2=C(C=CCC2)CC2C=CC=CC21. The highest BCUT2D eigenvalue weighted by molar-refractivity contribution is 5.38. The van der Waals surface area contributed by atoms with Gasteiger partial charge >= 0.3 is 0 Å². The van der Waals surface area contributed by atoms with Crippen LogP contribution in [0, 0.1) is 11.8 Å². The van der Waals surface area contributed by atoms with Gasteiger partial charge in [0.05, 0.1) is 6.10 Å². The van der Waals surface area contributed by atoms with E-state index in [1.807, 2.05) is 7.11 Å². The van der Waals surface area contributed by atoms with E-state index in [4.69, 9.17) is 4.74 Å². The van der Waals surface area contributed by atoms with Crippen LogP contribution in [-0.2, 0) is 4.74 Å². The molecule has 0 fully saturated rings. The Kier molecular flexibility index (Phi) is 2.56. The molecule has 0 aromatic carbocycles. The molecular weight excluding hydrogens is 196 g/mol. The second kappa shape index (κ2) is 4.06. The lowest BCUT2D eigenvalue weighted by atomic mass is 9.70. The standard InChI is InChI=1S/C15H18O/c1-16-15-13-8-4-2-6-11(13)10-12-7-3-5-9-14(12)15/h2-4,6-8,11,13,15H,5,9-10H2,1H3. The molecule has 3 aliphatic rings. The number of rotatable bonds is 1. The Morgan fingerprint density at radius 3 is 3.00 bits per heavy atom. The monoisotopic (exact) mass is 214 g/mol. The first-order valence-corrected chi connectivity index (χ1v) is 6.16. The largest absolute Gasteiger partial charge is 0.376 e. The summed E-state index contributed by atoms with van der Waals surface area (Å²) in [5, 5.41) is 0. The van der Waals surface area contributed by atoms with Crippen LogP contribution in [0.3, 0.4) is 0 Å². The van der Waals surface area contributed by atoms with Crippen molar-refractivity contribution >= 4 is 0 Å². The van der Waals surface area contributed by atoms with Crippen molar-refractivity contribution in [3.63, 3.8) is 0 Å². The van der Waals surface area contributed by atoms with Crippen LogP contribution in [0.5, 0.6) is 0 Å². The van der Waals surface area contributed by atoms with E-state index < -0.39 is 0 Å². The van der Waals surface area contributed by atoms with Crippen molar-refractivity contribution in [1.82, 2.24) is 0 Å². The molecule has 0 N–H and O–H groups in total. The molecule has 0 bridgehead atoms. The third-order valence-corrected chi connectivity index (χ3v) is 4.01. The van der Waals surface area contributed by atoms with Gasteiger partial charge in [-0.05, 0) is 36.3 Å². The predicted octanol–water partition coefficient (Wildman–Crippen LogP) is 3.41. The maximum Gasteiger partial charge on any atom is 0.0855 e. The van der Waals surface area contributed by atoms with E-state index in [1.54, 1.807) is 5.57 Å². The van der Waals surface area contributed by atoms with Gasteiger partial charge in [-0.3, -0.25) is 0 Å². The zero-order valence-electron chi connectivity index (χ0n) is 9.73. The van der Waals surface area contributed by atoms with E-state index in [0.717, 1.165) is 0 Å². The second-order valence-electron chi connectivity index (χ2n) is 4.86. The lowest BCUT2D eigenvalue weighted by Crippen LogP contribution is -2.35. The van der Waals surface area contributed by atoms with Gasteiger partial charge in [-0.1, -0.05) is 36.5 Å². The summed E-state index contributed by atoms with van der Waals surface area (Å²) in [6, 6.07) is 0. The number of ether oxygens (including phenoxy) is 1. The van der Waals surface area contributed by atoms with Gasteiger partial charge in [0.15, 0.2) is 0 Å². The first kappa shape index (κ1) is 10.1.